The molecular weight excluding hydrogens is 328 g/mol. The first-order chi connectivity index (χ1) is 10.4. The van der Waals surface area contributed by atoms with E-state index in [9.17, 15) is 13.8 Å². The molecule has 1 aromatic heterocycles. The SMILES string of the molecule is CSc1nc(Nc2ccc(S(=O)O)cc2)[nH]c(=O)c1C(N)=O. The van der Waals surface area contributed by atoms with Crippen LogP contribution in [-0.2, 0) is 11.1 Å². The van der Waals surface area contributed by atoms with Crippen LogP contribution in [0.25, 0.3) is 0 Å². The molecule has 1 heterocycles. The number of carbonyl (C=O) groups is 1. The third-order valence-electron chi connectivity index (χ3n) is 2.64. The summed E-state index contributed by atoms with van der Waals surface area (Å²) in [5.74, 6) is -0.711. The molecule has 0 saturated heterocycles. The van der Waals surface area contributed by atoms with Crippen molar-refractivity contribution in [2.24, 2.45) is 5.73 Å². The lowest BCUT2D eigenvalue weighted by molar-refractivity contribution is 0.0995. The molecule has 0 fully saturated rings. The first kappa shape index (κ1) is 16.2. The first-order valence-corrected chi connectivity index (χ1v) is 8.21. The summed E-state index contributed by atoms with van der Waals surface area (Å²) in [4.78, 5) is 29.9. The van der Waals surface area contributed by atoms with Crippen molar-refractivity contribution in [3.63, 3.8) is 0 Å². The van der Waals surface area contributed by atoms with Crippen molar-refractivity contribution in [3.8, 4) is 0 Å². The molecule has 8 nitrogen and oxygen atoms in total. The minimum atomic E-state index is -2.06. The van der Waals surface area contributed by atoms with E-state index < -0.39 is 22.5 Å². The summed E-state index contributed by atoms with van der Waals surface area (Å²) in [5, 5.41) is 3.05. The number of thioether (sulfide) groups is 1. The Kier molecular flexibility index (Phi) is 4.96. The van der Waals surface area contributed by atoms with E-state index in [0.717, 1.165) is 11.8 Å². The largest absolute Gasteiger partial charge is 0.365 e. The highest BCUT2D eigenvalue weighted by Crippen LogP contribution is 2.19. The lowest BCUT2D eigenvalue weighted by Crippen LogP contribution is -2.26. The molecule has 1 unspecified atom stereocenters. The highest BCUT2D eigenvalue weighted by Gasteiger charge is 2.16. The maximum absolute atomic E-state index is 11.9. The Hall–Kier alpha value is -2.17. The van der Waals surface area contributed by atoms with E-state index in [4.69, 9.17) is 10.3 Å². The van der Waals surface area contributed by atoms with Gasteiger partial charge in [-0.2, -0.15) is 0 Å². The molecule has 1 atom stereocenters. The summed E-state index contributed by atoms with van der Waals surface area (Å²) in [6, 6.07) is 6.04. The van der Waals surface area contributed by atoms with Crippen molar-refractivity contribution in [2.75, 3.05) is 11.6 Å². The van der Waals surface area contributed by atoms with Crippen LogP contribution in [0.1, 0.15) is 10.4 Å². The van der Waals surface area contributed by atoms with Crippen LogP contribution in [0.4, 0.5) is 11.6 Å². The van der Waals surface area contributed by atoms with E-state index in [1.807, 2.05) is 0 Å². The highest BCUT2D eigenvalue weighted by atomic mass is 32.2. The second-order valence-corrected chi connectivity index (χ2v) is 5.83. The van der Waals surface area contributed by atoms with Crippen LogP contribution in [0.15, 0.2) is 39.0 Å². The molecule has 0 spiro atoms. The Morgan fingerprint density at radius 3 is 2.55 bits per heavy atom. The lowest BCUT2D eigenvalue weighted by Gasteiger charge is -2.08. The van der Waals surface area contributed by atoms with Crippen LogP contribution >= 0.6 is 11.8 Å². The van der Waals surface area contributed by atoms with E-state index in [1.165, 1.54) is 12.1 Å². The predicted molar refractivity (Wildman–Crippen MR) is 83.9 cm³/mol. The van der Waals surface area contributed by atoms with Crippen molar-refractivity contribution >= 4 is 40.4 Å². The number of amides is 1. The first-order valence-electron chi connectivity index (χ1n) is 5.88. The number of aromatic amines is 1. The monoisotopic (exact) mass is 340 g/mol. The summed E-state index contributed by atoms with van der Waals surface area (Å²) >= 11 is -0.933. The fourth-order valence-electron chi connectivity index (χ4n) is 1.67. The van der Waals surface area contributed by atoms with Crippen molar-refractivity contribution < 1.29 is 13.6 Å². The van der Waals surface area contributed by atoms with Crippen molar-refractivity contribution in [1.82, 2.24) is 9.97 Å². The zero-order chi connectivity index (χ0) is 16.3. The zero-order valence-corrected chi connectivity index (χ0v) is 13.0. The van der Waals surface area contributed by atoms with Gasteiger partial charge in [0.25, 0.3) is 11.5 Å². The molecule has 10 heteroatoms. The number of primary amides is 1. The summed E-state index contributed by atoms with van der Waals surface area (Å²) in [6.07, 6.45) is 1.67. The molecule has 2 aromatic rings. The van der Waals surface area contributed by atoms with Crippen LogP contribution < -0.4 is 16.6 Å². The second kappa shape index (κ2) is 6.73. The summed E-state index contributed by atoms with van der Waals surface area (Å²) in [5.41, 5.74) is 4.88. The number of hydrogen-bond donors (Lipinski definition) is 4. The van der Waals surface area contributed by atoms with Crippen molar-refractivity contribution in [1.29, 1.82) is 0 Å². The van der Waals surface area contributed by atoms with E-state index in [1.54, 1.807) is 18.4 Å². The molecule has 0 saturated carbocycles. The second-order valence-electron chi connectivity index (χ2n) is 4.06. The van der Waals surface area contributed by atoms with Gasteiger partial charge in [-0.1, -0.05) is 0 Å². The van der Waals surface area contributed by atoms with Gasteiger partial charge in [0.1, 0.15) is 10.6 Å². The van der Waals surface area contributed by atoms with Gasteiger partial charge >= 0.3 is 0 Å². The molecule has 0 radical (unpaired) electrons. The number of carbonyl (C=O) groups excluding carboxylic acids is 1. The number of rotatable bonds is 5. The van der Waals surface area contributed by atoms with Crippen LogP contribution in [0, 0.1) is 0 Å². The average molecular weight is 340 g/mol. The van der Waals surface area contributed by atoms with Crippen LogP contribution in [0.2, 0.25) is 0 Å². The number of nitrogens with one attached hydrogen (secondary N) is 2. The molecule has 116 valence electrons. The molecule has 0 aliphatic heterocycles. The van der Waals surface area contributed by atoms with Crippen LogP contribution in [0.3, 0.4) is 0 Å². The Bertz CT molecular complexity index is 789. The molecular formula is C12H12N4O4S2. The van der Waals surface area contributed by atoms with E-state index in [0.29, 0.717) is 5.69 Å². The lowest BCUT2D eigenvalue weighted by atomic mass is 10.3. The van der Waals surface area contributed by atoms with Gasteiger partial charge < -0.3 is 15.6 Å². The van der Waals surface area contributed by atoms with Gasteiger partial charge in [-0.05, 0) is 30.5 Å². The fraction of sp³-hybridized carbons (Fsp3) is 0.0833. The number of H-pyrrole nitrogens is 1. The summed E-state index contributed by atoms with van der Waals surface area (Å²) in [7, 11) is 0. The average Bonchev–Trinajstić information content (AvgIpc) is 2.46. The van der Waals surface area contributed by atoms with E-state index in [-0.39, 0.29) is 21.4 Å². The molecule has 0 bridgehead atoms. The van der Waals surface area contributed by atoms with Gasteiger partial charge in [0.2, 0.25) is 5.95 Å². The van der Waals surface area contributed by atoms with Gasteiger partial charge in [-0.3, -0.25) is 14.6 Å². The van der Waals surface area contributed by atoms with Gasteiger partial charge in [0.05, 0.1) is 4.90 Å². The maximum Gasteiger partial charge on any atom is 0.266 e. The molecule has 2 rings (SSSR count). The fourth-order valence-corrected chi connectivity index (χ4v) is 2.62. The number of hydrogen-bond acceptors (Lipinski definition) is 6. The summed E-state index contributed by atoms with van der Waals surface area (Å²) < 4.78 is 19.8. The molecule has 5 N–H and O–H groups in total. The number of nitrogens with zero attached hydrogens (tertiary/aromatic N) is 1. The number of anilines is 2. The van der Waals surface area contributed by atoms with Crippen LogP contribution in [0.5, 0.6) is 0 Å². The number of nitrogens with two attached hydrogens (primary N) is 1. The van der Waals surface area contributed by atoms with E-state index >= 15 is 0 Å². The molecule has 22 heavy (non-hydrogen) atoms. The standard InChI is InChI=1S/C12H12N4O4S2/c1-21-11-8(9(13)17)10(18)15-12(16-11)14-6-2-4-7(5-3-6)22(19)20/h2-5H,1H3,(H2,13,17)(H,19,20)(H2,14,15,16,18). The Labute approximate surface area is 131 Å². The molecule has 1 amide bonds. The van der Waals surface area contributed by atoms with Crippen molar-refractivity contribution in [3.05, 3.63) is 40.2 Å². The zero-order valence-electron chi connectivity index (χ0n) is 11.3. The Balaban J connectivity index is 2.34. The van der Waals surface area contributed by atoms with Gasteiger partial charge in [-0.15, -0.1) is 11.8 Å². The Morgan fingerprint density at radius 2 is 2.05 bits per heavy atom. The molecule has 0 aliphatic rings. The topological polar surface area (TPSA) is 138 Å². The summed E-state index contributed by atoms with van der Waals surface area (Å²) in [6.45, 7) is 0. The van der Waals surface area contributed by atoms with Gasteiger partial charge in [-0.25, -0.2) is 9.19 Å². The minimum Gasteiger partial charge on any atom is -0.365 e. The van der Waals surface area contributed by atoms with E-state index in [2.05, 4.69) is 15.3 Å². The number of benzene rings is 1. The number of aromatic nitrogens is 2. The van der Waals surface area contributed by atoms with Gasteiger partial charge in [0, 0.05) is 5.69 Å². The maximum atomic E-state index is 11.9. The normalized spacial score (nSPS) is 11.9. The molecule has 1 aromatic carbocycles. The quantitative estimate of drug-likeness (QED) is 0.360. The predicted octanol–water partition coefficient (Wildman–Crippen LogP) is 0.915. The minimum absolute atomic E-state index is 0.136. The third-order valence-corrected chi connectivity index (χ3v) is 4.00. The van der Waals surface area contributed by atoms with Gasteiger partial charge in [0.15, 0.2) is 11.1 Å². The third kappa shape index (κ3) is 3.53. The molecule has 0 aliphatic carbocycles. The van der Waals surface area contributed by atoms with Crippen molar-refractivity contribution in [2.45, 2.75) is 9.92 Å². The van der Waals surface area contributed by atoms with Crippen LogP contribution in [-0.4, -0.2) is 30.9 Å². The Morgan fingerprint density at radius 1 is 1.41 bits per heavy atom. The highest BCUT2D eigenvalue weighted by molar-refractivity contribution is 7.98. The smallest absolute Gasteiger partial charge is 0.266 e.